The van der Waals surface area contributed by atoms with Crippen LogP contribution in [0.3, 0.4) is 0 Å². The van der Waals surface area contributed by atoms with Gasteiger partial charge in [-0.05, 0) is 99.6 Å². The maximum Gasteiger partial charge on any atom is 0.229 e. The topological polar surface area (TPSA) is 79.3 Å². The Bertz CT molecular complexity index is 1610. The Hall–Kier alpha value is -3.69. The first-order valence-electron chi connectivity index (χ1n) is 12.4. The van der Waals surface area contributed by atoms with Crippen molar-refractivity contribution in [2.75, 3.05) is 15.9 Å². The van der Waals surface area contributed by atoms with Crippen molar-refractivity contribution in [3.63, 3.8) is 0 Å². The normalized spacial score (nSPS) is 17.5. The number of aromatic nitrogens is 2. The van der Waals surface area contributed by atoms with E-state index in [9.17, 15) is 8.42 Å². The third-order valence-electron chi connectivity index (χ3n) is 6.96. The Labute approximate surface area is 229 Å². The molecule has 7 nitrogen and oxygen atoms in total. The highest BCUT2D eigenvalue weighted by Gasteiger charge is 2.42. The Morgan fingerprint density at radius 3 is 2.29 bits per heavy atom. The van der Waals surface area contributed by atoms with E-state index in [1.54, 1.807) is 12.3 Å². The van der Waals surface area contributed by atoms with Crippen LogP contribution < -0.4 is 14.9 Å². The van der Waals surface area contributed by atoms with E-state index in [0.717, 1.165) is 45.8 Å². The van der Waals surface area contributed by atoms with Gasteiger partial charge in [-0.25, -0.2) is 8.42 Å². The van der Waals surface area contributed by atoms with E-state index in [0.29, 0.717) is 10.8 Å². The van der Waals surface area contributed by atoms with Gasteiger partial charge in [-0.15, -0.1) is 0 Å². The fourth-order valence-corrected chi connectivity index (χ4v) is 6.21. The van der Waals surface area contributed by atoms with Crippen molar-refractivity contribution in [2.45, 2.75) is 39.8 Å². The molecule has 0 radical (unpaired) electrons. The summed E-state index contributed by atoms with van der Waals surface area (Å²) in [6, 6.07) is 22.0. The monoisotopic (exact) mass is 545 g/mol. The minimum absolute atomic E-state index is 0.170. The quantitative estimate of drug-likeness (QED) is 0.305. The number of pyridine rings is 1. The van der Waals surface area contributed by atoms with Crippen LogP contribution in [0.25, 0.3) is 5.69 Å². The van der Waals surface area contributed by atoms with Gasteiger partial charge in [0.1, 0.15) is 0 Å². The molecule has 0 spiro atoms. The second-order valence-electron chi connectivity index (χ2n) is 9.87. The molecule has 1 fully saturated rings. The van der Waals surface area contributed by atoms with E-state index in [1.807, 2.05) is 37.3 Å². The van der Waals surface area contributed by atoms with Crippen LogP contribution in [-0.4, -0.2) is 29.3 Å². The lowest BCUT2D eigenvalue weighted by Crippen LogP contribution is -2.29. The number of anilines is 2. The van der Waals surface area contributed by atoms with E-state index in [2.05, 4.69) is 75.6 Å². The molecule has 0 amide bonds. The van der Waals surface area contributed by atoms with E-state index in [4.69, 9.17) is 12.2 Å². The summed E-state index contributed by atoms with van der Waals surface area (Å²) in [6.07, 6.45) is 2.95. The van der Waals surface area contributed by atoms with Gasteiger partial charge in [-0.3, -0.25) is 9.71 Å². The first kappa shape index (κ1) is 25.9. The zero-order chi connectivity index (χ0) is 27.2. The molecule has 0 unspecified atom stereocenters. The van der Waals surface area contributed by atoms with E-state index in [1.165, 1.54) is 5.56 Å². The molecule has 4 aromatic rings. The first-order chi connectivity index (χ1) is 18.0. The molecular formula is C29H31N5O2S2. The van der Waals surface area contributed by atoms with Gasteiger partial charge in [0.25, 0.3) is 0 Å². The summed E-state index contributed by atoms with van der Waals surface area (Å²) in [4.78, 5) is 6.78. The van der Waals surface area contributed by atoms with Crippen LogP contribution in [0, 0.1) is 27.7 Å². The lowest BCUT2D eigenvalue weighted by atomic mass is 9.96. The van der Waals surface area contributed by atoms with Gasteiger partial charge in [0.2, 0.25) is 10.0 Å². The smallest absolute Gasteiger partial charge is 0.229 e. The summed E-state index contributed by atoms with van der Waals surface area (Å²) in [5, 5.41) is 4.11. The van der Waals surface area contributed by atoms with Crippen LogP contribution in [0.2, 0.25) is 0 Å². The van der Waals surface area contributed by atoms with Crippen LogP contribution in [0.4, 0.5) is 11.4 Å². The number of rotatable bonds is 6. The average Bonchev–Trinajstić information content (AvgIpc) is 3.36. The molecule has 0 saturated carbocycles. The molecule has 196 valence electrons. The van der Waals surface area contributed by atoms with Crippen molar-refractivity contribution in [3.05, 3.63) is 107 Å². The van der Waals surface area contributed by atoms with E-state index < -0.39 is 10.0 Å². The average molecular weight is 546 g/mol. The molecule has 1 saturated heterocycles. The molecule has 2 N–H and O–H groups in total. The minimum atomic E-state index is -3.39. The number of benzene rings is 2. The largest absolute Gasteiger partial charge is 0.351 e. The minimum Gasteiger partial charge on any atom is -0.351 e. The highest BCUT2D eigenvalue weighted by Crippen LogP contribution is 2.44. The molecule has 2 aromatic heterocycles. The summed E-state index contributed by atoms with van der Waals surface area (Å²) < 4.78 is 28.5. The second kappa shape index (κ2) is 9.89. The molecule has 2 atom stereocenters. The van der Waals surface area contributed by atoms with Crippen LogP contribution in [-0.2, 0) is 10.0 Å². The van der Waals surface area contributed by atoms with Gasteiger partial charge in [0, 0.05) is 29.0 Å². The predicted molar refractivity (Wildman–Crippen MR) is 158 cm³/mol. The van der Waals surface area contributed by atoms with Crippen molar-refractivity contribution in [2.24, 2.45) is 0 Å². The van der Waals surface area contributed by atoms with Gasteiger partial charge >= 0.3 is 0 Å². The van der Waals surface area contributed by atoms with E-state index >= 15 is 0 Å². The fraction of sp³-hybridized carbons (Fsp3) is 0.241. The van der Waals surface area contributed by atoms with Crippen molar-refractivity contribution in [3.8, 4) is 5.69 Å². The molecule has 3 heterocycles. The molecule has 1 aliphatic rings. The summed E-state index contributed by atoms with van der Waals surface area (Å²) in [6.45, 7) is 8.23. The molecular weight excluding hydrogens is 514 g/mol. The standard InChI is InChI=1S/C29H31N5O2S2/c1-18-9-11-22(12-10-18)33-20(3)17-24(21(33)4)28-27(26-8-6-7-15-30-26)31-29(37)34(28)23-13-14-25(19(2)16-23)32-38(5,35)36/h6-17,27-28,32H,1-5H3,(H,31,37)/t27-,28-/m0/s1. The molecule has 5 rings (SSSR count). The lowest BCUT2D eigenvalue weighted by Gasteiger charge is -2.29. The third-order valence-corrected chi connectivity index (χ3v) is 7.87. The highest BCUT2D eigenvalue weighted by molar-refractivity contribution is 7.92. The number of nitrogens with zero attached hydrogens (tertiary/aromatic N) is 3. The zero-order valence-corrected chi connectivity index (χ0v) is 23.7. The fourth-order valence-electron chi connectivity index (χ4n) is 5.24. The SMILES string of the molecule is Cc1ccc(-n2c(C)cc([C@H]3[C@H](c4ccccn4)NC(=S)N3c3ccc(NS(C)(=O)=O)c(C)c3)c2C)cc1. The van der Waals surface area contributed by atoms with Gasteiger partial charge in [0.05, 0.1) is 29.7 Å². The highest BCUT2D eigenvalue weighted by atomic mass is 32.2. The summed E-state index contributed by atoms with van der Waals surface area (Å²) in [5.74, 6) is 0. The molecule has 38 heavy (non-hydrogen) atoms. The Morgan fingerprint density at radius 1 is 0.947 bits per heavy atom. The van der Waals surface area contributed by atoms with E-state index in [-0.39, 0.29) is 12.1 Å². The number of sulfonamides is 1. The van der Waals surface area contributed by atoms with Crippen LogP contribution in [0.15, 0.2) is 72.9 Å². The molecule has 0 aliphatic carbocycles. The van der Waals surface area contributed by atoms with Gasteiger partial charge in [0.15, 0.2) is 5.11 Å². The van der Waals surface area contributed by atoms with Crippen molar-refractivity contribution in [1.29, 1.82) is 0 Å². The van der Waals surface area contributed by atoms with Crippen LogP contribution in [0.1, 0.15) is 45.9 Å². The molecule has 2 aromatic carbocycles. The van der Waals surface area contributed by atoms with Crippen molar-refractivity contribution >= 4 is 38.7 Å². The number of thiocarbonyl (C=S) groups is 1. The first-order valence-corrected chi connectivity index (χ1v) is 14.7. The van der Waals surface area contributed by atoms with Gasteiger partial charge in [-0.2, -0.15) is 0 Å². The third kappa shape index (κ3) is 4.91. The number of hydrogen-bond acceptors (Lipinski definition) is 4. The maximum absolute atomic E-state index is 11.8. The summed E-state index contributed by atoms with van der Waals surface area (Å²) in [5.41, 5.74) is 8.85. The number of hydrogen-bond donors (Lipinski definition) is 2. The number of aryl methyl sites for hydroxylation is 3. The maximum atomic E-state index is 11.8. The van der Waals surface area contributed by atoms with Gasteiger partial charge in [-0.1, -0.05) is 23.8 Å². The predicted octanol–water partition coefficient (Wildman–Crippen LogP) is 5.65. The molecule has 0 bridgehead atoms. The second-order valence-corrected chi connectivity index (χ2v) is 12.0. The summed E-state index contributed by atoms with van der Waals surface area (Å²) >= 11 is 5.90. The molecule has 1 aliphatic heterocycles. The lowest BCUT2D eigenvalue weighted by molar-refractivity contribution is 0.565. The Morgan fingerprint density at radius 2 is 1.66 bits per heavy atom. The van der Waals surface area contributed by atoms with Crippen molar-refractivity contribution < 1.29 is 8.42 Å². The van der Waals surface area contributed by atoms with Crippen molar-refractivity contribution in [1.82, 2.24) is 14.9 Å². The Balaban J connectivity index is 1.65. The van der Waals surface area contributed by atoms with Gasteiger partial charge < -0.3 is 14.8 Å². The number of nitrogens with one attached hydrogen (secondary N) is 2. The summed E-state index contributed by atoms with van der Waals surface area (Å²) in [7, 11) is -3.39. The van der Waals surface area contributed by atoms with Crippen LogP contribution >= 0.6 is 12.2 Å². The zero-order valence-electron chi connectivity index (χ0n) is 22.1. The molecule has 9 heteroatoms. The van der Waals surface area contributed by atoms with Crippen LogP contribution in [0.5, 0.6) is 0 Å². The Kier molecular flexibility index (Phi) is 6.75.